The van der Waals surface area contributed by atoms with E-state index in [0.29, 0.717) is 42.5 Å². The standard InChI is InChI=1S/C24H27N5O4/c1-17(28-9-2-10-29(12-11-28)20-6-3-18(16-25)4-7-20)23(30)27-24(31)26-19-5-8-21-22(15-19)33-14-13-32-21/h3-8,15,17H,2,9-14H2,1H3,(H2,26,27,30,31). The van der Waals surface area contributed by atoms with E-state index in [-0.39, 0.29) is 5.91 Å². The van der Waals surface area contributed by atoms with Crippen LogP contribution in [0.15, 0.2) is 42.5 Å². The first-order valence-corrected chi connectivity index (χ1v) is 11.0. The van der Waals surface area contributed by atoms with Gasteiger partial charge in [0.15, 0.2) is 11.5 Å². The molecule has 172 valence electrons. The van der Waals surface area contributed by atoms with Gasteiger partial charge in [-0.25, -0.2) is 4.79 Å². The number of rotatable bonds is 4. The number of amides is 3. The van der Waals surface area contributed by atoms with Gasteiger partial charge in [0.05, 0.1) is 17.7 Å². The molecule has 4 rings (SSSR count). The SMILES string of the molecule is CC(C(=O)NC(=O)Nc1ccc2c(c1)OCCO2)N1CCCN(c2ccc(C#N)cc2)CC1. The second kappa shape index (κ2) is 10.2. The summed E-state index contributed by atoms with van der Waals surface area (Å²) in [5.74, 6) is 0.847. The zero-order valence-corrected chi connectivity index (χ0v) is 18.5. The molecule has 9 heteroatoms. The molecule has 0 aliphatic carbocycles. The number of benzene rings is 2. The lowest BCUT2D eigenvalue weighted by atomic mass is 10.2. The van der Waals surface area contributed by atoms with Crippen LogP contribution in [0.2, 0.25) is 0 Å². The summed E-state index contributed by atoms with van der Waals surface area (Å²) in [5, 5.41) is 14.1. The summed E-state index contributed by atoms with van der Waals surface area (Å²) in [6, 6.07) is 13.7. The first-order valence-electron chi connectivity index (χ1n) is 11.0. The first kappa shape index (κ1) is 22.4. The first-order chi connectivity index (χ1) is 16.0. The molecule has 2 heterocycles. The topological polar surface area (TPSA) is 107 Å². The van der Waals surface area contributed by atoms with Crippen molar-refractivity contribution in [2.75, 3.05) is 49.6 Å². The number of anilines is 2. The summed E-state index contributed by atoms with van der Waals surface area (Å²) >= 11 is 0. The number of nitrogens with zero attached hydrogens (tertiary/aromatic N) is 3. The van der Waals surface area contributed by atoms with Crippen LogP contribution in [0.4, 0.5) is 16.2 Å². The fourth-order valence-corrected chi connectivity index (χ4v) is 4.00. The molecule has 1 atom stereocenters. The highest BCUT2D eigenvalue weighted by atomic mass is 16.6. The highest BCUT2D eigenvalue weighted by Gasteiger charge is 2.25. The molecule has 9 nitrogen and oxygen atoms in total. The Hall–Kier alpha value is -3.77. The van der Waals surface area contributed by atoms with Gasteiger partial charge in [0.2, 0.25) is 5.91 Å². The fourth-order valence-electron chi connectivity index (χ4n) is 4.00. The van der Waals surface area contributed by atoms with Gasteiger partial charge in [0, 0.05) is 43.6 Å². The summed E-state index contributed by atoms with van der Waals surface area (Å²) in [6.07, 6.45) is 0.890. The van der Waals surface area contributed by atoms with E-state index in [1.165, 1.54) is 0 Å². The van der Waals surface area contributed by atoms with Crippen molar-refractivity contribution in [3.63, 3.8) is 0 Å². The largest absolute Gasteiger partial charge is 0.486 e. The predicted octanol–water partition coefficient (Wildman–Crippen LogP) is 2.58. The van der Waals surface area contributed by atoms with Gasteiger partial charge < -0.3 is 19.7 Å². The lowest BCUT2D eigenvalue weighted by Gasteiger charge is -2.27. The fraction of sp³-hybridized carbons (Fsp3) is 0.375. The number of nitrogens with one attached hydrogen (secondary N) is 2. The molecule has 1 unspecified atom stereocenters. The number of carbonyl (C=O) groups is 2. The second-order valence-electron chi connectivity index (χ2n) is 8.01. The van der Waals surface area contributed by atoms with E-state index in [2.05, 4.69) is 26.5 Å². The Morgan fingerprint density at radius 3 is 2.52 bits per heavy atom. The van der Waals surface area contributed by atoms with Gasteiger partial charge in [-0.15, -0.1) is 0 Å². The van der Waals surface area contributed by atoms with Crippen molar-refractivity contribution >= 4 is 23.3 Å². The molecule has 2 aliphatic heterocycles. The van der Waals surface area contributed by atoms with E-state index in [1.54, 1.807) is 18.2 Å². The summed E-state index contributed by atoms with van der Waals surface area (Å²) < 4.78 is 11.0. The maximum atomic E-state index is 12.7. The Bertz CT molecular complexity index is 1050. The molecule has 2 aromatic rings. The number of urea groups is 1. The van der Waals surface area contributed by atoms with Crippen molar-refractivity contribution in [2.45, 2.75) is 19.4 Å². The normalized spacial score (nSPS) is 16.8. The highest BCUT2D eigenvalue weighted by molar-refractivity contribution is 6.02. The monoisotopic (exact) mass is 449 g/mol. The third-order valence-electron chi connectivity index (χ3n) is 5.86. The molecule has 3 amide bonds. The van der Waals surface area contributed by atoms with Crippen molar-refractivity contribution in [3.8, 4) is 17.6 Å². The van der Waals surface area contributed by atoms with Gasteiger partial charge in [-0.3, -0.25) is 15.0 Å². The molecule has 0 radical (unpaired) electrons. The molecule has 2 aliphatic rings. The zero-order chi connectivity index (χ0) is 23.2. The number of fused-ring (bicyclic) bond motifs is 1. The van der Waals surface area contributed by atoms with E-state index in [9.17, 15) is 9.59 Å². The van der Waals surface area contributed by atoms with Crippen LogP contribution in [0.1, 0.15) is 18.9 Å². The Morgan fingerprint density at radius 2 is 1.76 bits per heavy atom. The minimum absolute atomic E-state index is 0.350. The Kier molecular flexibility index (Phi) is 6.95. The van der Waals surface area contributed by atoms with Gasteiger partial charge in [-0.2, -0.15) is 5.26 Å². The van der Waals surface area contributed by atoms with Crippen molar-refractivity contribution in [1.82, 2.24) is 10.2 Å². The van der Waals surface area contributed by atoms with E-state index in [4.69, 9.17) is 14.7 Å². The second-order valence-corrected chi connectivity index (χ2v) is 8.01. The molecular weight excluding hydrogens is 422 g/mol. The van der Waals surface area contributed by atoms with Gasteiger partial charge in [0.25, 0.3) is 0 Å². The van der Waals surface area contributed by atoms with Crippen LogP contribution in [0.25, 0.3) is 0 Å². The van der Waals surface area contributed by atoms with Crippen molar-refractivity contribution in [1.29, 1.82) is 5.26 Å². The van der Waals surface area contributed by atoms with Crippen LogP contribution >= 0.6 is 0 Å². The maximum Gasteiger partial charge on any atom is 0.325 e. The Labute approximate surface area is 192 Å². The van der Waals surface area contributed by atoms with Crippen molar-refractivity contribution in [3.05, 3.63) is 48.0 Å². The molecule has 0 bridgehead atoms. The van der Waals surface area contributed by atoms with Crippen LogP contribution in [0.3, 0.4) is 0 Å². The van der Waals surface area contributed by atoms with E-state index in [1.807, 2.05) is 31.2 Å². The Balaban J connectivity index is 1.29. The number of hydrogen-bond acceptors (Lipinski definition) is 7. The molecule has 2 aromatic carbocycles. The molecule has 0 spiro atoms. The summed E-state index contributed by atoms with van der Waals surface area (Å²) in [4.78, 5) is 29.4. The number of ether oxygens (including phenoxy) is 2. The highest BCUT2D eigenvalue weighted by Crippen LogP contribution is 2.32. The molecule has 1 saturated heterocycles. The van der Waals surface area contributed by atoms with Crippen LogP contribution in [-0.4, -0.2) is 62.3 Å². The van der Waals surface area contributed by atoms with Crippen LogP contribution in [0.5, 0.6) is 11.5 Å². The quantitative estimate of drug-likeness (QED) is 0.739. The van der Waals surface area contributed by atoms with Gasteiger partial charge in [0.1, 0.15) is 13.2 Å². The molecule has 1 fully saturated rings. The molecule has 0 saturated carbocycles. The molecular formula is C24H27N5O4. The van der Waals surface area contributed by atoms with E-state index >= 15 is 0 Å². The van der Waals surface area contributed by atoms with Gasteiger partial charge in [-0.1, -0.05) is 0 Å². The smallest absolute Gasteiger partial charge is 0.325 e. The number of imide groups is 1. The number of hydrogen-bond donors (Lipinski definition) is 2. The van der Waals surface area contributed by atoms with Gasteiger partial charge in [-0.05, 0) is 49.7 Å². The van der Waals surface area contributed by atoms with Crippen molar-refractivity contribution < 1.29 is 19.1 Å². The minimum atomic E-state index is -0.586. The molecule has 33 heavy (non-hydrogen) atoms. The average Bonchev–Trinajstić information content (AvgIpc) is 3.10. The van der Waals surface area contributed by atoms with Crippen LogP contribution in [0, 0.1) is 11.3 Å². The van der Waals surface area contributed by atoms with E-state index in [0.717, 1.165) is 31.7 Å². The zero-order valence-electron chi connectivity index (χ0n) is 18.5. The van der Waals surface area contributed by atoms with Crippen LogP contribution in [-0.2, 0) is 4.79 Å². The van der Waals surface area contributed by atoms with Crippen LogP contribution < -0.4 is 25.0 Å². The maximum absolute atomic E-state index is 12.7. The number of carbonyl (C=O) groups excluding carboxylic acids is 2. The molecule has 2 N–H and O–H groups in total. The summed E-state index contributed by atoms with van der Waals surface area (Å²) in [6.45, 7) is 5.83. The summed E-state index contributed by atoms with van der Waals surface area (Å²) in [7, 11) is 0. The summed E-state index contributed by atoms with van der Waals surface area (Å²) in [5.41, 5.74) is 2.21. The molecule has 0 aromatic heterocycles. The third-order valence-corrected chi connectivity index (χ3v) is 5.86. The van der Waals surface area contributed by atoms with Crippen molar-refractivity contribution in [2.24, 2.45) is 0 Å². The predicted molar refractivity (Wildman–Crippen MR) is 124 cm³/mol. The minimum Gasteiger partial charge on any atom is -0.486 e. The lowest BCUT2D eigenvalue weighted by molar-refractivity contribution is -0.124. The Morgan fingerprint density at radius 1 is 1.00 bits per heavy atom. The number of nitriles is 1. The average molecular weight is 450 g/mol. The van der Waals surface area contributed by atoms with Gasteiger partial charge >= 0.3 is 6.03 Å². The van der Waals surface area contributed by atoms with E-state index < -0.39 is 12.1 Å². The third kappa shape index (κ3) is 5.54. The lowest BCUT2D eigenvalue weighted by Crippen LogP contribution is -2.49.